The predicted molar refractivity (Wildman–Crippen MR) is 72.4 cm³/mol. The van der Waals surface area contributed by atoms with Crippen molar-refractivity contribution in [2.24, 2.45) is 0 Å². The second-order valence-corrected chi connectivity index (χ2v) is 6.58. The van der Waals surface area contributed by atoms with Gasteiger partial charge in [-0.3, -0.25) is 4.72 Å². The van der Waals surface area contributed by atoms with E-state index >= 15 is 0 Å². The quantitative estimate of drug-likeness (QED) is 0.877. The van der Waals surface area contributed by atoms with E-state index in [1.807, 2.05) is 0 Å². The minimum atomic E-state index is -3.47. The van der Waals surface area contributed by atoms with E-state index in [1.54, 1.807) is 26.1 Å². The molecule has 0 saturated heterocycles. The van der Waals surface area contributed by atoms with Gasteiger partial charge >= 0.3 is 0 Å². The van der Waals surface area contributed by atoms with Crippen LogP contribution in [0.2, 0.25) is 10.0 Å². The number of hydrogen-bond acceptors (Lipinski definition) is 3. The molecule has 1 rings (SSSR count). The van der Waals surface area contributed by atoms with Crippen molar-refractivity contribution in [1.29, 1.82) is 0 Å². The van der Waals surface area contributed by atoms with E-state index < -0.39 is 15.3 Å². The highest BCUT2D eigenvalue weighted by molar-refractivity contribution is 7.93. The molecule has 1 aromatic carbocycles. The van der Waals surface area contributed by atoms with Crippen molar-refractivity contribution in [2.75, 3.05) is 18.3 Å². The molecule has 0 radical (unpaired) electrons. The monoisotopic (exact) mass is 296 g/mol. The number of hydrogen-bond donors (Lipinski definition) is 2. The molecule has 0 spiro atoms. The zero-order valence-electron chi connectivity index (χ0n) is 9.50. The van der Waals surface area contributed by atoms with Crippen molar-refractivity contribution in [2.45, 2.75) is 12.2 Å². The molecule has 1 aromatic rings. The van der Waals surface area contributed by atoms with Crippen LogP contribution < -0.4 is 10.0 Å². The maximum Gasteiger partial charge on any atom is 0.236 e. The Morgan fingerprint density at radius 1 is 1.35 bits per heavy atom. The zero-order chi connectivity index (χ0) is 13.1. The first kappa shape index (κ1) is 14.6. The van der Waals surface area contributed by atoms with Crippen LogP contribution in [-0.2, 0) is 10.0 Å². The molecule has 7 heteroatoms. The highest BCUT2D eigenvalue weighted by atomic mass is 35.5. The van der Waals surface area contributed by atoms with Crippen molar-refractivity contribution < 1.29 is 8.42 Å². The molecule has 17 heavy (non-hydrogen) atoms. The first-order valence-electron chi connectivity index (χ1n) is 4.98. The SMILES string of the molecule is CNCC(C)S(=O)(=O)Nc1cc(Cl)ccc1Cl. The van der Waals surface area contributed by atoms with E-state index in [9.17, 15) is 8.42 Å². The second kappa shape index (κ2) is 5.91. The fraction of sp³-hybridized carbons (Fsp3) is 0.400. The van der Waals surface area contributed by atoms with Crippen molar-refractivity contribution in [3.63, 3.8) is 0 Å². The maximum atomic E-state index is 11.9. The zero-order valence-corrected chi connectivity index (χ0v) is 11.8. The Morgan fingerprint density at radius 3 is 2.59 bits per heavy atom. The Morgan fingerprint density at radius 2 is 2.00 bits per heavy atom. The van der Waals surface area contributed by atoms with Crippen LogP contribution in [0.4, 0.5) is 5.69 Å². The van der Waals surface area contributed by atoms with Crippen molar-refractivity contribution in [3.8, 4) is 0 Å². The minimum Gasteiger partial charge on any atom is -0.318 e. The maximum absolute atomic E-state index is 11.9. The molecule has 0 heterocycles. The van der Waals surface area contributed by atoms with Gasteiger partial charge in [0.05, 0.1) is 16.0 Å². The first-order valence-corrected chi connectivity index (χ1v) is 7.28. The summed E-state index contributed by atoms with van der Waals surface area (Å²) in [5.41, 5.74) is 0.294. The lowest BCUT2D eigenvalue weighted by atomic mass is 10.3. The van der Waals surface area contributed by atoms with Crippen LogP contribution >= 0.6 is 23.2 Å². The van der Waals surface area contributed by atoms with Crippen LogP contribution in [-0.4, -0.2) is 27.3 Å². The number of rotatable bonds is 5. The van der Waals surface area contributed by atoms with Gasteiger partial charge in [0.25, 0.3) is 0 Å². The highest BCUT2D eigenvalue weighted by Crippen LogP contribution is 2.26. The number of sulfonamides is 1. The molecule has 0 bridgehead atoms. The Hall–Kier alpha value is -0.490. The normalized spacial score (nSPS) is 13.4. The van der Waals surface area contributed by atoms with Crippen LogP contribution in [0.5, 0.6) is 0 Å². The van der Waals surface area contributed by atoms with Crippen molar-refractivity contribution in [1.82, 2.24) is 5.32 Å². The van der Waals surface area contributed by atoms with Crippen LogP contribution in [0.1, 0.15) is 6.92 Å². The summed E-state index contributed by atoms with van der Waals surface area (Å²) in [6.45, 7) is 1.96. The van der Waals surface area contributed by atoms with Gasteiger partial charge in [0.15, 0.2) is 0 Å². The van der Waals surface area contributed by atoms with Crippen LogP contribution in [0, 0.1) is 0 Å². The number of nitrogens with one attached hydrogen (secondary N) is 2. The number of anilines is 1. The van der Waals surface area contributed by atoms with Gasteiger partial charge < -0.3 is 5.32 Å². The third-order valence-corrected chi connectivity index (χ3v) is 4.50. The average Bonchev–Trinajstić information content (AvgIpc) is 2.23. The van der Waals surface area contributed by atoms with Gasteiger partial charge in [-0.15, -0.1) is 0 Å². The van der Waals surface area contributed by atoms with E-state index in [-0.39, 0.29) is 0 Å². The topological polar surface area (TPSA) is 58.2 Å². The molecule has 0 aliphatic carbocycles. The molecule has 1 atom stereocenters. The lowest BCUT2D eigenvalue weighted by molar-refractivity contribution is 0.584. The minimum absolute atomic E-state index is 0.294. The Labute approximate surface area is 111 Å². The summed E-state index contributed by atoms with van der Waals surface area (Å²) in [5.74, 6) is 0. The van der Waals surface area contributed by atoms with Crippen LogP contribution in [0.15, 0.2) is 18.2 Å². The third-order valence-electron chi connectivity index (χ3n) is 2.20. The molecule has 0 aliphatic heterocycles. The van der Waals surface area contributed by atoms with Gasteiger partial charge in [0.1, 0.15) is 0 Å². The summed E-state index contributed by atoms with van der Waals surface area (Å²) in [4.78, 5) is 0. The van der Waals surface area contributed by atoms with E-state index in [1.165, 1.54) is 6.07 Å². The number of halogens is 2. The molecule has 2 N–H and O–H groups in total. The van der Waals surface area contributed by atoms with Crippen LogP contribution in [0.3, 0.4) is 0 Å². The fourth-order valence-electron chi connectivity index (χ4n) is 1.23. The molecular formula is C10H14Cl2N2O2S. The van der Waals surface area contributed by atoms with Gasteiger partial charge in [-0.05, 0) is 32.2 Å². The van der Waals surface area contributed by atoms with Crippen LogP contribution in [0.25, 0.3) is 0 Å². The van der Waals surface area contributed by atoms with Gasteiger partial charge in [-0.2, -0.15) is 0 Å². The molecule has 0 saturated carbocycles. The molecule has 0 aromatic heterocycles. The second-order valence-electron chi connectivity index (χ2n) is 3.64. The van der Waals surface area contributed by atoms with Gasteiger partial charge in [-0.1, -0.05) is 23.2 Å². The Balaban J connectivity index is 2.94. The molecule has 4 nitrogen and oxygen atoms in total. The highest BCUT2D eigenvalue weighted by Gasteiger charge is 2.20. The lowest BCUT2D eigenvalue weighted by Crippen LogP contribution is -2.33. The molecule has 96 valence electrons. The standard InChI is InChI=1S/C10H14Cl2N2O2S/c1-7(6-13-2)17(15,16)14-10-5-8(11)3-4-9(10)12/h3-5,7,13-14H,6H2,1-2H3. The Kier molecular flexibility index (Phi) is 5.06. The average molecular weight is 297 g/mol. The van der Waals surface area contributed by atoms with E-state index in [4.69, 9.17) is 23.2 Å². The first-order chi connectivity index (χ1) is 7.86. The Bertz CT molecular complexity index is 491. The predicted octanol–water partition coefficient (Wildman–Crippen LogP) is 2.34. The van der Waals surface area contributed by atoms with E-state index in [0.29, 0.717) is 22.3 Å². The summed E-state index contributed by atoms with van der Waals surface area (Å²) in [7, 11) is -1.78. The number of benzene rings is 1. The van der Waals surface area contributed by atoms with Crippen molar-refractivity contribution in [3.05, 3.63) is 28.2 Å². The summed E-state index contributed by atoms with van der Waals surface area (Å²) < 4.78 is 26.2. The molecule has 0 amide bonds. The van der Waals surface area contributed by atoms with Gasteiger partial charge in [-0.25, -0.2) is 8.42 Å². The summed E-state index contributed by atoms with van der Waals surface area (Å²) >= 11 is 11.7. The smallest absolute Gasteiger partial charge is 0.236 e. The molecular weight excluding hydrogens is 283 g/mol. The summed E-state index contributed by atoms with van der Waals surface area (Å²) in [6, 6.07) is 4.62. The van der Waals surface area contributed by atoms with Crippen molar-refractivity contribution >= 4 is 38.9 Å². The largest absolute Gasteiger partial charge is 0.318 e. The van der Waals surface area contributed by atoms with Gasteiger partial charge in [0.2, 0.25) is 10.0 Å². The van der Waals surface area contributed by atoms with E-state index in [2.05, 4.69) is 10.0 Å². The molecule has 1 unspecified atom stereocenters. The van der Waals surface area contributed by atoms with E-state index in [0.717, 1.165) is 0 Å². The third kappa shape index (κ3) is 4.03. The fourth-order valence-corrected chi connectivity index (χ4v) is 2.68. The summed E-state index contributed by atoms with van der Waals surface area (Å²) in [5, 5.41) is 2.98. The lowest BCUT2D eigenvalue weighted by Gasteiger charge is -2.15. The van der Waals surface area contributed by atoms with Gasteiger partial charge in [0, 0.05) is 11.6 Å². The molecule has 0 fully saturated rings. The summed E-state index contributed by atoms with van der Waals surface area (Å²) in [6.07, 6.45) is 0. The molecule has 0 aliphatic rings.